The van der Waals surface area contributed by atoms with E-state index < -0.39 is 0 Å². The second kappa shape index (κ2) is 4.78. The smallest absolute Gasteiger partial charge is 0.142 e. The van der Waals surface area contributed by atoms with Gasteiger partial charge in [0.05, 0.1) is 5.69 Å². The van der Waals surface area contributed by atoms with Gasteiger partial charge in [-0.3, -0.25) is 4.98 Å². The molecule has 0 aliphatic carbocycles. The number of fused-ring (bicyclic) bond motifs is 1. The fraction of sp³-hybridized carbons (Fsp3) is 0.267. The predicted molar refractivity (Wildman–Crippen MR) is 70.5 cm³/mol. The Morgan fingerprint density at radius 1 is 1.17 bits per heavy atom. The molecule has 1 aromatic heterocycles. The maximum atomic E-state index is 6.03. The molecule has 0 radical (unpaired) electrons. The summed E-state index contributed by atoms with van der Waals surface area (Å²) in [6.45, 7) is 0.608. The lowest BCUT2D eigenvalue weighted by Gasteiger charge is -2.30. The fourth-order valence-electron chi connectivity index (χ4n) is 2.46. The molecule has 2 heterocycles. The molecule has 0 amide bonds. The molecule has 1 aliphatic rings. The van der Waals surface area contributed by atoms with E-state index in [1.54, 1.807) is 6.20 Å². The van der Waals surface area contributed by atoms with Gasteiger partial charge in [-0.15, -0.1) is 0 Å². The summed E-state index contributed by atoms with van der Waals surface area (Å²) < 4.78 is 6.03. The van der Waals surface area contributed by atoms with E-state index in [9.17, 15) is 0 Å². The molecule has 1 aliphatic heterocycles. The number of nitrogens with zero attached hydrogens (tertiary/aromatic N) is 1. The molecule has 0 saturated carbocycles. The SMILES string of the molecule is NC[C@@H]1C[C@@H](c2ccccc2)Oc2cccnc21. The highest BCUT2D eigenvalue weighted by Crippen LogP contribution is 2.39. The van der Waals surface area contributed by atoms with Crippen molar-refractivity contribution in [2.24, 2.45) is 5.73 Å². The average molecular weight is 240 g/mol. The van der Waals surface area contributed by atoms with Crippen LogP contribution in [-0.2, 0) is 0 Å². The van der Waals surface area contributed by atoms with Crippen LogP contribution in [0, 0.1) is 0 Å². The van der Waals surface area contributed by atoms with E-state index in [0.29, 0.717) is 6.54 Å². The third-order valence-electron chi connectivity index (χ3n) is 3.41. The Morgan fingerprint density at radius 3 is 2.78 bits per heavy atom. The van der Waals surface area contributed by atoms with Crippen molar-refractivity contribution in [3.63, 3.8) is 0 Å². The van der Waals surface area contributed by atoms with E-state index in [1.165, 1.54) is 5.56 Å². The lowest BCUT2D eigenvalue weighted by atomic mass is 9.91. The van der Waals surface area contributed by atoms with E-state index in [-0.39, 0.29) is 12.0 Å². The Bertz CT molecular complexity index is 527. The Kier molecular flexibility index (Phi) is 2.99. The largest absolute Gasteiger partial charge is 0.484 e. The Labute approximate surface area is 107 Å². The first-order valence-corrected chi connectivity index (χ1v) is 6.25. The van der Waals surface area contributed by atoms with Gasteiger partial charge >= 0.3 is 0 Å². The van der Waals surface area contributed by atoms with Crippen molar-refractivity contribution >= 4 is 0 Å². The van der Waals surface area contributed by atoms with Crippen LogP contribution in [0.1, 0.15) is 29.7 Å². The molecule has 0 fully saturated rings. The van der Waals surface area contributed by atoms with E-state index >= 15 is 0 Å². The van der Waals surface area contributed by atoms with Gasteiger partial charge in [-0.1, -0.05) is 30.3 Å². The molecule has 2 atom stereocenters. The lowest BCUT2D eigenvalue weighted by molar-refractivity contribution is 0.159. The van der Waals surface area contributed by atoms with E-state index in [1.807, 2.05) is 30.3 Å². The van der Waals surface area contributed by atoms with Crippen molar-refractivity contribution in [3.8, 4) is 5.75 Å². The van der Waals surface area contributed by atoms with Gasteiger partial charge in [-0.25, -0.2) is 0 Å². The van der Waals surface area contributed by atoms with Gasteiger partial charge in [0.1, 0.15) is 11.9 Å². The van der Waals surface area contributed by atoms with Crippen LogP contribution < -0.4 is 10.5 Å². The zero-order valence-corrected chi connectivity index (χ0v) is 10.1. The summed E-state index contributed by atoms with van der Waals surface area (Å²) >= 11 is 0. The Morgan fingerprint density at radius 2 is 2.00 bits per heavy atom. The molecule has 18 heavy (non-hydrogen) atoms. The molecule has 3 rings (SSSR count). The number of ether oxygens (including phenoxy) is 1. The summed E-state index contributed by atoms with van der Waals surface area (Å²) in [7, 11) is 0. The van der Waals surface area contributed by atoms with Crippen LogP contribution >= 0.6 is 0 Å². The fourth-order valence-corrected chi connectivity index (χ4v) is 2.46. The highest BCUT2D eigenvalue weighted by Gasteiger charge is 2.29. The number of benzene rings is 1. The van der Waals surface area contributed by atoms with E-state index in [2.05, 4.69) is 17.1 Å². The predicted octanol–water partition coefficient (Wildman–Crippen LogP) is 2.65. The van der Waals surface area contributed by atoms with Crippen molar-refractivity contribution < 1.29 is 4.74 Å². The summed E-state index contributed by atoms with van der Waals surface area (Å²) in [6.07, 6.45) is 2.77. The van der Waals surface area contributed by atoms with Gasteiger partial charge in [0, 0.05) is 18.7 Å². The topological polar surface area (TPSA) is 48.1 Å². The summed E-state index contributed by atoms with van der Waals surface area (Å²) in [4.78, 5) is 4.39. The molecule has 1 aromatic carbocycles. The molecule has 3 nitrogen and oxygen atoms in total. The van der Waals surface area contributed by atoms with Crippen molar-refractivity contribution in [2.75, 3.05) is 6.54 Å². The minimum absolute atomic E-state index is 0.0800. The number of pyridine rings is 1. The van der Waals surface area contributed by atoms with Crippen LogP contribution in [-0.4, -0.2) is 11.5 Å². The zero-order valence-electron chi connectivity index (χ0n) is 10.1. The minimum Gasteiger partial charge on any atom is -0.484 e. The molecule has 2 aromatic rings. The summed E-state index contributed by atoms with van der Waals surface area (Å²) in [5.74, 6) is 1.15. The number of rotatable bonds is 2. The molecule has 0 spiro atoms. The maximum absolute atomic E-state index is 6.03. The van der Waals surface area contributed by atoms with Crippen LogP contribution in [0.3, 0.4) is 0 Å². The standard InChI is InChI=1S/C15H16N2O/c16-10-12-9-14(11-5-2-1-3-6-11)18-13-7-4-8-17-15(12)13/h1-8,12,14H,9-10,16H2/t12-,14-/m0/s1. The summed E-state index contributed by atoms with van der Waals surface area (Å²) in [6, 6.07) is 14.2. The van der Waals surface area contributed by atoms with Crippen molar-refractivity contribution in [1.29, 1.82) is 0 Å². The van der Waals surface area contributed by atoms with Gasteiger partial charge < -0.3 is 10.5 Å². The quantitative estimate of drug-likeness (QED) is 0.877. The Balaban J connectivity index is 1.95. The molecule has 2 N–H and O–H groups in total. The first-order chi connectivity index (χ1) is 8.88. The van der Waals surface area contributed by atoms with Crippen molar-refractivity contribution in [2.45, 2.75) is 18.4 Å². The van der Waals surface area contributed by atoms with Crippen LogP contribution in [0.4, 0.5) is 0 Å². The number of aromatic nitrogens is 1. The molecular weight excluding hydrogens is 224 g/mol. The second-order valence-electron chi connectivity index (χ2n) is 4.57. The van der Waals surface area contributed by atoms with Crippen LogP contribution in [0.5, 0.6) is 5.75 Å². The molecule has 3 heteroatoms. The summed E-state index contributed by atoms with van der Waals surface area (Å²) in [5.41, 5.74) is 8.06. The van der Waals surface area contributed by atoms with Crippen LogP contribution in [0.25, 0.3) is 0 Å². The number of nitrogens with two attached hydrogens (primary N) is 1. The van der Waals surface area contributed by atoms with Gasteiger partial charge in [0.15, 0.2) is 0 Å². The third kappa shape index (κ3) is 1.97. The van der Waals surface area contributed by atoms with Crippen molar-refractivity contribution in [1.82, 2.24) is 4.98 Å². The summed E-state index contributed by atoms with van der Waals surface area (Å²) in [5, 5.41) is 0. The third-order valence-corrected chi connectivity index (χ3v) is 3.41. The molecule has 0 unspecified atom stereocenters. The second-order valence-corrected chi connectivity index (χ2v) is 4.57. The zero-order chi connectivity index (χ0) is 12.4. The highest BCUT2D eigenvalue weighted by molar-refractivity contribution is 5.34. The average Bonchev–Trinajstić information content (AvgIpc) is 2.47. The van der Waals surface area contributed by atoms with Gasteiger partial charge in [-0.05, 0) is 24.1 Å². The first kappa shape index (κ1) is 11.2. The molecule has 0 saturated heterocycles. The van der Waals surface area contributed by atoms with Crippen LogP contribution in [0.2, 0.25) is 0 Å². The normalized spacial score (nSPS) is 22.1. The van der Waals surface area contributed by atoms with E-state index in [0.717, 1.165) is 17.9 Å². The molecular formula is C15H16N2O. The van der Waals surface area contributed by atoms with Crippen molar-refractivity contribution in [3.05, 3.63) is 59.9 Å². The lowest BCUT2D eigenvalue weighted by Crippen LogP contribution is -2.25. The number of hydrogen-bond acceptors (Lipinski definition) is 3. The van der Waals surface area contributed by atoms with Gasteiger partial charge in [0.25, 0.3) is 0 Å². The Hall–Kier alpha value is -1.87. The maximum Gasteiger partial charge on any atom is 0.142 e. The minimum atomic E-state index is 0.0800. The number of hydrogen-bond donors (Lipinski definition) is 1. The van der Waals surface area contributed by atoms with Gasteiger partial charge in [0.2, 0.25) is 0 Å². The van der Waals surface area contributed by atoms with E-state index in [4.69, 9.17) is 10.5 Å². The molecule has 92 valence electrons. The van der Waals surface area contributed by atoms with Gasteiger partial charge in [-0.2, -0.15) is 0 Å². The highest BCUT2D eigenvalue weighted by atomic mass is 16.5. The monoisotopic (exact) mass is 240 g/mol. The first-order valence-electron chi connectivity index (χ1n) is 6.25. The molecule has 0 bridgehead atoms. The van der Waals surface area contributed by atoms with Crippen LogP contribution in [0.15, 0.2) is 48.7 Å².